The quantitative estimate of drug-likeness (QED) is 0.781. The Balaban J connectivity index is 0.00000112. The van der Waals surface area contributed by atoms with Crippen LogP contribution in [-0.2, 0) is 6.42 Å². The molecule has 1 atom stereocenters. The van der Waals surface area contributed by atoms with Crippen LogP contribution >= 0.6 is 24.8 Å². The van der Waals surface area contributed by atoms with E-state index >= 15 is 0 Å². The van der Waals surface area contributed by atoms with Crippen LogP contribution in [0.2, 0.25) is 0 Å². The number of aliphatic hydroxyl groups is 1. The lowest BCUT2D eigenvalue weighted by molar-refractivity contribution is 0.265. The van der Waals surface area contributed by atoms with Gasteiger partial charge in [0, 0.05) is 23.8 Å². The van der Waals surface area contributed by atoms with Crippen LogP contribution in [-0.4, -0.2) is 27.7 Å². The van der Waals surface area contributed by atoms with Crippen molar-refractivity contribution in [1.29, 1.82) is 0 Å². The van der Waals surface area contributed by atoms with E-state index in [1.54, 1.807) is 6.20 Å². The van der Waals surface area contributed by atoms with Gasteiger partial charge in [0.2, 0.25) is 0 Å². The summed E-state index contributed by atoms with van der Waals surface area (Å²) in [6.07, 6.45) is 4.31. The number of rotatable bonds is 3. The van der Waals surface area contributed by atoms with Gasteiger partial charge < -0.3 is 15.8 Å². The highest BCUT2D eigenvalue weighted by Gasteiger charge is 2.07. The third kappa shape index (κ3) is 3.09. The maximum atomic E-state index is 8.85. The fraction of sp³-hybridized carbons (Fsp3) is 0.300. The van der Waals surface area contributed by atoms with Gasteiger partial charge in [-0.05, 0) is 24.1 Å². The Morgan fingerprint density at radius 3 is 2.88 bits per heavy atom. The second kappa shape index (κ2) is 6.70. The van der Waals surface area contributed by atoms with E-state index in [1.165, 1.54) is 0 Å². The molecule has 0 bridgehead atoms. The number of H-pyrrole nitrogens is 1. The predicted octanol–water partition coefficient (Wildman–Crippen LogP) is 1.27. The largest absolute Gasteiger partial charge is 0.395 e. The third-order valence-corrected chi connectivity index (χ3v) is 2.25. The number of fused-ring (bicyclic) bond motifs is 1. The van der Waals surface area contributed by atoms with Gasteiger partial charge in [-0.15, -0.1) is 24.8 Å². The fourth-order valence-electron chi connectivity index (χ4n) is 1.53. The molecule has 90 valence electrons. The lowest BCUT2D eigenvalue weighted by Crippen LogP contribution is -2.26. The first-order valence-electron chi connectivity index (χ1n) is 4.58. The number of pyridine rings is 1. The number of hydrogen-bond donors (Lipinski definition) is 3. The summed E-state index contributed by atoms with van der Waals surface area (Å²) in [7, 11) is 0. The number of aromatic nitrogens is 2. The number of nitrogens with two attached hydrogens (primary N) is 1. The zero-order valence-electron chi connectivity index (χ0n) is 8.59. The van der Waals surface area contributed by atoms with E-state index in [1.807, 2.05) is 18.3 Å². The van der Waals surface area contributed by atoms with E-state index in [0.717, 1.165) is 16.6 Å². The molecule has 2 aromatic rings. The number of aromatic amines is 1. The molecule has 0 radical (unpaired) electrons. The van der Waals surface area contributed by atoms with E-state index in [4.69, 9.17) is 10.8 Å². The van der Waals surface area contributed by atoms with Crippen molar-refractivity contribution < 1.29 is 5.11 Å². The van der Waals surface area contributed by atoms with Gasteiger partial charge in [-0.3, -0.25) is 0 Å². The van der Waals surface area contributed by atoms with Gasteiger partial charge in [0.25, 0.3) is 0 Å². The number of aliphatic hydroxyl groups excluding tert-OH is 1. The predicted molar refractivity (Wildman–Crippen MR) is 69.4 cm³/mol. The number of halogens is 2. The first kappa shape index (κ1) is 15.2. The molecule has 4 N–H and O–H groups in total. The summed E-state index contributed by atoms with van der Waals surface area (Å²) in [6, 6.07) is 3.69. The van der Waals surface area contributed by atoms with Gasteiger partial charge in [0.05, 0.1) is 6.61 Å². The van der Waals surface area contributed by atoms with Crippen LogP contribution in [0.25, 0.3) is 11.0 Å². The number of hydrogen-bond acceptors (Lipinski definition) is 3. The molecular weight excluding hydrogens is 249 g/mol. The molecule has 0 fully saturated rings. The summed E-state index contributed by atoms with van der Waals surface area (Å²) in [5.74, 6) is 0. The molecule has 0 aliphatic carbocycles. The zero-order valence-corrected chi connectivity index (χ0v) is 10.2. The molecule has 0 spiro atoms. The van der Waals surface area contributed by atoms with E-state index in [9.17, 15) is 0 Å². The van der Waals surface area contributed by atoms with Crippen molar-refractivity contribution >= 4 is 35.8 Å². The molecule has 0 saturated heterocycles. The lowest BCUT2D eigenvalue weighted by Gasteiger charge is -2.05. The molecule has 0 saturated carbocycles. The topological polar surface area (TPSA) is 74.9 Å². The van der Waals surface area contributed by atoms with Crippen molar-refractivity contribution in [2.45, 2.75) is 12.5 Å². The van der Waals surface area contributed by atoms with Crippen LogP contribution in [0.3, 0.4) is 0 Å². The highest BCUT2D eigenvalue weighted by atomic mass is 35.5. The average molecular weight is 264 g/mol. The Kier molecular flexibility index (Phi) is 6.36. The van der Waals surface area contributed by atoms with Gasteiger partial charge in [-0.1, -0.05) is 0 Å². The molecule has 1 unspecified atom stereocenters. The fourth-order valence-corrected chi connectivity index (χ4v) is 1.53. The molecule has 0 aliphatic rings. The smallest absolute Gasteiger partial charge is 0.137 e. The van der Waals surface area contributed by atoms with Crippen LogP contribution in [0, 0.1) is 0 Å². The van der Waals surface area contributed by atoms with E-state index in [2.05, 4.69) is 9.97 Å². The molecule has 2 heterocycles. The maximum Gasteiger partial charge on any atom is 0.137 e. The summed E-state index contributed by atoms with van der Waals surface area (Å²) in [5, 5.41) is 9.93. The highest BCUT2D eigenvalue weighted by Crippen LogP contribution is 2.16. The van der Waals surface area contributed by atoms with Crippen molar-refractivity contribution in [3.05, 3.63) is 30.1 Å². The molecular formula is C10H15Cl2N3O. The van der Waals surface area contributed by atoms with Gasteiger partial charge in [0.1, 0.15) is 5.65 Å². The summed E-state index contributed by atoms with van der Waals surface area (Å²) in [6.45, 7) is 0.00688. The van der Waals surface area contributed by atoms with E-state index < -0.39 is 0 Å². The monoisotopic (exact) mass is 263 g/mol. The van der Waals surface area contributed by atoms with Gasteiger partial charge in [0.15, 0.2) is 0 Å². The minimum absolute atomic E-state index is 0. The minimum atomic E-state index is -0.200. The summed E-state index contributed by atoms with van der Waals surface area (Å²) in [4.78, 5) is 7.25. The minimum Gasteiger partial charge on any atom is -0.395 e. The van der Waals surface area contributed by atoms with Crippen molar-refractivity contribution in [2.75, 3.05) is 6.61 Å². The molecule has 2 aromatic heterocycles. The van der Waals surface area contributed by atoms with Crippen LogP contribution in [0.15, 0.2) is 24.5 Å². The van der Waals surface area contributed by atoms with Gasteiger partial charge in [-0.25, -0.2) is 4.98 Å². The Morgan fingerprint density at radius 2 is 2.19 bits per heavy atom. The summed E-state index contributed by atoms with van der Waals surface area (Å²) < 4.78 is 0. The van der Waals surface area contributed by atoms with Crippen molar-refractivity contribution in [2.24, 2.45) is 5.73 Å². The normalized spacial score (nSPS) is 11.6. The first-order chi connectivity index (χ1) is 6.81. The second-order valence-electron chi connectivity index (χ2n) is 3.36. The summed E-state index contributed by atoms with van der Waals surface area (Å²) >= 11 is 0. The van der Waals surface area contributed by atoms with Crippen molar-refractivity contribution in [3.8, 4) is 0 Å². The SMILES string of the molecule is Cl.Cl.NC(CO)Cc1c[nH]c2ncccc12. The summed E-state index contributed by atoms with van der Waals surface area (Å²) in [5.41, 5.74) is 7.65. The van der Waals surface area contributed by atoms with Crippen LogP contribution in [0.4, 0.5) is 0 Å². The molecule has 2 rings (SSSR count). The molecule has 16 heavy (non-hydrogen) atoms. The van der Waals surface area contributed by atoms with Crippen molar-refractivity contribution in [3.63, 3.8) is 0 Å². The molecule has 6 heteroatoms. The molecule has 0 amide bonds. The Bertz CT molecular complexity index is 433. The number of nitrogens with zero attached hydrogens (tertiary/aromatic N) is 1. The Hall–Kier alpha value is -0.810. The Morgan fingerprint density at radius 1 is 1.44 bits per heavy atom. The van der Waals surface area contributed by atoms with Crippen molar-refractivity contribution in [1.82, 2.24) is 9.97 Å². The van der Waals surface area contributed by atoms with E-state index in [0.29, 0.717) is 6.42 Å². The Labute approximate surface area is 106 Å². The van der Waals surface area contributed by atoms with Gasteiger partial charge in [-0.2, -0.15) is 0 Å². The van der Waals surface area contributed by atoms with Gasteiger partial charge >= 0.3 is 0 Å². The molecule has 0 aromatic carbocycles. The van der Waals surface area contributed by atoms with E-state index in [-0.39, 0.29) is 37.5 Å². The van der Waals surface area contributed by atoms with Crippen LogP contribution < -0.4 is 5.73 Å². The first-order valence-corrected chi connectivity index (χ1v) is 4.58. The zero-order chi connectivity index (χ0) is 9.97. The molecule has 0 aliphatic heterocycles. The second-order valence-corrected chi connectivity index (χ2v) is 3.36. The van der Waals surface area contributed by atoms with Crippen LogP contribution in [0.5, 0.6) is 0 Å². The highest BCUT2D eigenvalue weighted by molar-refractivity contribution is 5.85. The number of nitrogens with one attached hydrogen (secondary N) is 1. The lowest BCUT2D eigenvalue weighted by atomic mass is 10.1. The molecule has 4 nitrogen and oxygen atoms in total. The average Bonchev–Trinajstić information content (AvgIpc) is 2.62. The third-order valence-electron chi connectivity index (χ3n) is 2.25. The standard InChI is InChI=1S/C10H13N3O.2ClH/c11-8(6-14)4-7-5-13-10-9(7)2-1-3-12-10;;/h1-3,5,8,14H,4,6,11H2,(H,12,13);2*1H. The van der Waals surface area contributed by atoms with Crippen LogP contribution in [0.1, 0.15) is 5.56 Å². The maximum absolute atomic E-state index is 8.85.